The van der Waals surface area contributed by atoms with Crippen molar-refractivity contribution in [1.29, 1.82) is 0 Å². The topological polar surface area (TPSA) is 23.5 Å². The predicted molar refractivity (Wildman–Crippen MR) is 63.9 cm³/mol. The maximum absolute atomic E-state index is 9.58. The van der Waals surface area contributed by atoms with Crippen LogP contribution in [-0.4, -0.2) is 40.6 Å². The van der Waals surface area contributed by atoms with Gasteiger partial charge in [-0.2, -0.15) is 0 Å². The number of hydrogen-bond acceptors (Lipinski definition) is 2. The molecule has 0 aromatic heterocycles. The molecule has 1 N–H and O–H groups in total. The number of hydrogen-bond donors (Lipinski definition) is 1. The van der Waals surface area contributed by atoms with E-state index in [2.05, 4.69) is 34.7 Å². The molecule has 1 unspecified atom stereocenters. The number of aliphatic hydroxyl groups excluding tert-OH is 1. The molecule has 0 heterocycles. The Morgan fingerprint density at radius 2 is 2.07 bits per heavy atom. The quantitative estimate of drug-likeness (QED) is 0.713. The molecule has 0 aliphatic heterocycles. The summed E-state index contributed by atoms with van der Waals surface area (Å²) in [5, 5.41) is 10.3. The highest BCUT2D eigenvalue weighted by atomic mass is 79.9. The van der Waals surface area contributed by atoms with Crippen LogP contribution >= 0.6 is 15.9 Å². The van der Waals surface area contributed by atoms with Crippen LogP contribution in [0.1, 0.15) is 33.1 Å². The summed E-state index contributed by atoms with van der Waals surface area (Å²) >= 11 is 3.32. The summed E-state index contributed by atoms with van der Waals surface area (Å²) in [7, 11) is 0. The molecule has 1 rings (SSSR count). The van der Waals surface area contributed by atoms with Crippen LogP contribution in [0, 0.1) is 5.92 Å². The number of aliphatic hydroxyl groups is 1. The van der Waals surface area contributed by atoms with E-state index in [1.807, 2.05) is 0 Å². The van der Waals surface area contributed by atoms with Gasteiger partial charge in [0.1, 0.15) is 0 Å². The molecule has 0 bridgehead atoms. The highest BCUT2D eigenvalue weighted by molar-refractivity contribution is 9.09. The van der Waals surface area contributed by atoms with Crippen LogP contribution in [0.3, 0.4) is 0 Å². The van der Waals surface area contributed by atoms with Gasteiger partial charge in [-0.15, -0.1) is 0 Å². The summed E-state index contributed by atoms with van der Waals surface area (Å²) in [5.41, 5.74) is 0. The van der Waals surface area contributed by atoms with Gasteiger partial charge in [-0.1, -0.05) is 29.8 Å². The molecule has 0 radical (unpaired) electrons. The maximum Gasteiger partial charge on any atom is 0.0763 e. The largest absolute Gasteiger partial charge is 0.391 e. The van der Waals surface area contributed by atoms with Gasteiger partial charge in [-0.25, -0.2) is 0 Å². The molecule has 0 spiro atoms. The molecule has 0 aromatic rings. The maximum atomic E-state index is 9.58. The molecule has 3 heteroatoms. The van der Waals surface area contributed by atoms with E-state index in [4.69, 9.17) is 0 Å². The van der Waals surface area contributed by atoms with Gasteiger partial charge in [0, 0.05) is 17.9 Å². The zero-order chi connectivity index (χ0) is 10.6. The molecule has 0 saturated heterocycles. The minimum Gasteiger partial charge on any atom is -0.391 e. The van der Waals surface area contributed by atoms with Crippen LogP contribution in [0.2, 0.25) is 0 Å². The van der Waals surface area contributed by atoms with Crippen LogP contribution in [0.25, 0.3) is 0 Å². The minimum absolute atomic E-state index is 0.206. The molecule has 0 amide bonds. The summed E-state index contributed by atoms with van der Waals surface area (Å²) in [6, 6.07) is 0.766. The van der Waals surface area contributed by atoms with Crippen molar-refractivity contribution in [2.45, 2.75) is 45.3 Å². The standard InChI is InChI=1S/C11H22BrNO/c1-9(2)5-6-13(10-3-4-10)8-11(14)7-12/h9-11,14H,3-8H2,1-2H3. The van der Waals surface area contributed by atoms with Crippen LogP contribution in [0.15, 0.2) is 0 Å². The highest BCUT2D eigenvalue weighted by Crippen LogP contribution is 2.27. The molecule has 0 aromatic carbocycles. The van der Waals surface area contributed by atoms with Gasteiger partial charge in [0.25, 0.3) is 0 Å². The zero-order valence-corrected chi connectivity index (χ0v) is 10.8. The van der Waals surface area contributed by atoms with Crippen molar-refractivity contribution in [3.8, 4) is 0 Å². The summed E-state index contributed by atoms with van der Waals surface area (Å²) < 4.78 is 0. The molecule has 1 aliphatic carbocycles. The number of halogens is 1. The lowest BCUT2D eigenvalue weighted by atomic mass is 10.1. The summed E-state index contributed by atoms with van der Waals surface area (Å²) in [4.78, 5) is 2.45. The second-order valence-electron chi connectivity index (χ2n) is 4.72. The lowest BCUT2D eigenvalue weighted by Crippen LogP contribution is -2.36. The summed E-state index contributed by atoms with van der Waals surface area (Å²) in [6.07, 6.45) is 3.69. The van der Waals surface area contributed by atoms with E-state index >= 15 is 0 Å². The van der Waals surface area contributed by atoms with Crippen LogP contribution in [-0.2, 0) is 0 Å². The van der Waals surface area contributed by atoms with Crippen molar-refractivity contribution in [2.24, 2.45) is 5.92 Å². The van der Waals surface area contributed by atoms with Crippen LogP contribution < -0.4 is 0 Å². The second-order valence-corrected chi connectivity index (χ2v) is 5.36. The molecular formula is C11H22BrNO. The predicted octanol–water partition coefficient (Wildman–Crippen LogP) is 2.25. The van der Waals surface area contributed by atoms with Crippen molar-refractivity contribution in [1.82, 2.24) is 4.90 Å². The first-order chi connectivity index (χ1) is 6.63. The van der Waals surface area contributed by atoms with E-state index in [1.54, 1.807) is 0 Å². The average molecular weight is 264 g/mol. The molecule has 1 aliphatic rings. The van der Waals surface area contributed by atoms with E-state index in [-0.39, 0.29) is 6.10 Å². The summed E-state index contributed by atoms with van der Waals surface area (Å²) in [6.45, 7) is 6.49. The first-order valence-electron chi connectivity index (χ1n) is 5.61. The molecule has 1 atom stereocenters. The minimum atomic E-state index is -0.206. The average Bonchev–Trinajstić information content (AvgIpc) is 2.94. The highest BCUT2D eigenvalue weighted by Gasteiger charge is 2.29. The van der Waals surface area contributed by atoms with Gasteiger partial charge in [0.2, 0.25) is 0 Å². The van der Waals surface area contributed by atoms with E-state index < -0.39 is 0 Å². The van der Waals surface area contributed by atoms with Crippen molar-refractivity contribution in [2.75, 3.05) is 18.4 Å². The number of alkyl halides is 1. The fourth-order valence-corrected chi connectivity index (χ4v) is 1.81. The van der Waals surface area contributed by atoms with Crippen molar-refractivity contribution in [3.05, 3.63) is 0 Å². The number of rotatable bonds is 7. The lowest BCUT2D eigenvalue weighted by Gasteiger charge is -2.24. The molecule has 2 nitrogen and oxygen atoms in total. The van der Waals surface area contributed by atoms with Crippen LogP contribution in [0.4, 0.5) is 0 Å². The molecule has 1 fully saturated rings. The Balaban J connectivity index is 2.24. The Hall–Kier alpha value is 0.400. The Bertz CT molecular complexity index is 159. The Kier molecular flexibility index (Phi) is 5.42. The van der Waals surface area contributed by atoms with E-state index in [0.29, 0.717) is 5.33 Å². The number of nitrogens with zero attached hydrogens (tertiary/aromatic N) is 1. The third-order valence-electron chi connectivity index (χ3n) is 2.68. The zero-order valence-electron chi connectivity index (χ0n) is 9.25. The molecule has 1 saturated carbocycles. The first kappa shape index (κ1) is 12.5. The van der Waals surface area contributed by atoms with E-state index in [9.17, 15) is 5.11 Å². The Morgan fingerprint density at radius 3 is 2.50 bits per heavy atom. The van der Waals surface area contributed by atoms with Gasteiger partial charge in [0.15, 0.2) is 0 Å². The molecular weight excluding hydrogens is 242 g/mol. The molecule has 14 heavy (non-hydrogen) atoms. The van der Waals surface area contributed by atoms with Crippen molar-refractivity contribution < 1.29 is 5.11 Å². The van der Waals surface area contributed by atoms with Gasteiger partial charge in [-0.3, -0.25) is 4.90 Å². The van der Waals surface area contributed by atoms with E-state index in [0.717, 1.165) is 25.0 Å². The van der Waals surface area contributed by atoms with Gasteiger partial charge < -0.3 is 5.11 Å². The van der Waals surface area contributed by atoms with Gasteiger partial charge in [-0.05, 0) is 31.7 Å². The van der Waals surface area contributed by atoms with Crippen molar-refractivity contribution >= 4 is 15.9 Å². The third-order valence-corrected chi connectivity index (χ3v) is 3.43. The first-order valence-corrected chi connectivity index (χ1v) is 6.73. The fourth-order valence-electron chi connectivity index (χ4n) is 1.61. The normalized spacial score (nSPS) is 19.3. The van der Waals surface area contributed by atoms with Gasteiger partial charge in [0.05, 0.1) is 6.10 Å². The molecule has 84 valence electrons. The van der Waals surface area contributed by atoms with Gasteiger partial charge >= 0.3 is 0 Å². The third kappa shape index (κ3) is 4.76. The second kappa shape index (κ2) is 6.09. The lowest BCUT2D eigenvalue weighted by molar-refractivity contribution is 0.122. The smallest absolute Gasteiger partial charge is 0.0763 e. The Labute approximate surface area is 95.8 Å². The van der Waals surface area contributed by atoms with E-state index in [1.165, 1.54) is 19.3 Å². The summed E-state index contributed by atoms with van der Waals surface area (Å²) in [5.74, 6) is 0.761. The van der Waals surface area contributed by atoms with Crippen molar-refractivity contribution in [3.63, 3.8) is 0 Å². The SMILES string of the molecule is CC(C)CCN(CC(O)CBr)C1CC1. The van der Waals surface area contributed by atoms with Crippen LogP contribution in [0.5, 0.6) is 0 Å². The fraction of sp³-hybridized carbons (Fsp3) is 1.00. The Morgan fingerprint density at radius 1 is 1.43 bits per heavy atom. The monoisotopic (exact) mass is 263 g/mol.